The van der Waals surface area contributed by atoms with E-state index in [0.29, 0.717) is 12.1 Å². The highest BCUT2D eigenvalue weighted by Crippen LogP contribution is 2.28. The van der Waals surface area contributed by atoms with E-state index in [1.807, 2.05) is 56.3 Å². The van der Waals surface area contributed by atoms with Gasteiger partial charge in [0.05, 0.1) is 0 Å². The highest BCUT2D eigenvalue weighted by atomic mass is 16.2. The van der Waals surface area contributed by atoms with E-state index >= 15 is 0 Å². The molecule has 0 aliphatic carbocycles. The largest absolute Gasteiger partial charge is 0.321 e. The quantitative estimate of drug-likeness (QED) is 0.752. The molecule has 1 N–H and O–H groups in total. The van der Waals surface area contributed by atoms with Crippen LogP contribution in [0.25, 0.3) is 0 Å². The van der Waals surface area contributed by atoms with Gasteiger partial charge in [0.1, 0.15) is 5.69 Å². The molecule has 1 aliphatic rings. The first-order chi connectivity index (χ1) is 13.5. The minimum Gasteiger partial charge on any atom is -0.321 e. The third kappa shape index (κ3) is 3.51. The van der Waals surface area contributed by atoms with Crippen molar-refractivity contribution in [1.82, 2.24) is 4.98 Å². The molecule has 140 valence electrons. The van der Waals surface area contributed by atoms with Crippen LogP contribution in [0.2, 0.25) is 0 Å². The summed E-state index contributed by atoms with van der Waals surface area (Å²) in [4.78, 5) is 31.5. The second-order valence-electron chi connectivity index (χ2n) is 7.10. The molecule has 0 radical (unpaired) electrons. The molecule has 5 heteroatoms. The fourth-order valence-electron chi connectivity index (χ4n) is 3.63. The Morgan fingerprint density at radius 1 is 1.00 bits per heavy atom. The zero-order valence-corrected chi connectivity index (χ0v) is 15.9. The summed E-state index contributed by atoms with van der Waals surface area (Å²) in [6, 6.07) is 17.0. The van der Waals surface area contributed by atoms with Gasteiger partial charge >= 0.3 is 0 Å². The lowest BCUT2D eigenvalue weighted by atomic mass is 10.1. The van der Waals surface area contributed by atoms with Crippen LogP contribution in [-0.2, 0) is 6.42 Å². The van der Waals surface area contributed by atoms with Crippen LogP contribution >= 0.6 is 0 Å². The van der Waals surface area contributed by atoms with Crippen LogP contribution in [0.1, 0.15) is 37.5 Å². The van der Waals surface area contributed by atoms with Crippen molar-refractivity contribution < 1.29 is 9.59 Å². The molecule has 1 aliphatic heterocycles. The molecule has 1 aromatic heterocycles. The third-order valence-electron chi connectivity index (χ3n) is 4.85. The van der Waals surface area contributed by atoms with Crippen molar-refractivity contribution in [3.05, 3.63) is 88.7 Å². The predicted octanol–water partition coefficient (Wildman–Crippen LogP) is 4.15. The van der Waals surface area contributed by atoms with Gasteiger partial charge in [-0.3, -0.25) is 14.6 Å². The maximum Gasteiger partial charge on any atom is 0.274 e. The van der Waals surface area contributed by atoms with E-state index in [1.54, 1.807) is 17.0 Å². The second-order valence-corrected chi connectivity index (χ2v) is 7.10. The van der Waals surface area contributed by atoms with Crippen molar-refractivity contribution in [2.24, 2.45) is 0 Å². The van der Waals surface area contributed by atoms with Gasteiger partial charge in [-0.15, -0.1) is 0 Å². The number of nitrogens with zero attached hydrogens (tertiary/aromatic N) is 2. The average Bonchev–Trinajstić information content (AvgIpc) is 3.11. The molecule has 0 fully saturated rings. The number of rotatable bonds is 3. The van der Waals surface area contributed by atoms with Crippen LogP contribution in [0.15, 0.2) is 60.8 Å². The minimum atomic E-state index is -0.332. The van der Waals surface area contributed by atoms with Crippen molar-refractivity contribution >= 4 is 23.2 Å². The average molecular weight is 371 g/mol. The summed E-state index contributed by atoms with van der Waals surface area (Å²) in [6.45, 7) is 4.60. The molecule has 0 atom stereocenters. The molecule has 3 aromatic rings. The number of benzene rings is 2. The van der Waals surface area contributed by atoms with E-state index < -0.39 is 0 Å². The van der Waals surface area contributed by atoms with Crippen LogP contribution < -0.4 is 10.2 Å². The van der Waals surface area contributed by atoms with Gasteiger partial charge in [0.25, 0.3) is 11.8 Å². The van der Waals surface area contributed by atoms with E-state index in [2.05, 4.69) is 10.3 Å². The van der Waals surface area contributed by atoms with Crippen molar-refractivity contribution in [1.29, 1.82) is 0 Å². The normalized spacial score (nSPS) is 12.6. The van der Waals surface area contributed by atoms with E-state index in [-0.39, 0.29) is 17.5 Å². The van der Waals surface area contributed by atoms with E-state index in [4.69, 9.17) is 0 Å². The number of para-hydroxylation sites is 1. The number of aromatic nitrogens is 1. The summed E-state index contributed by atoms with van der Waals surface area (Å²) in [7, 11) is 0. The molecule has 0 unspecified atom stereocenters. The minimum absolute atomic E-state index is 0.118. The van der Waals surface area contributed by atoms with Crippen molar-refractivity contribution in [2.45, 2.75) is 20.3 Å². The smallest absolute Gasteiger partial charge is 0.274 e. The van der Waals surface area contributed by atoms with Crippen LogP contribution in [0.3, 0.4) is 0 Å². The number of aryl methyl sites for hydroxylation is 2. The number of hydrogen-bond acceptors (Lipinski definition) is 3. The topological polar surface area (TPSA) is 62.3 Å². The van der Waals surface area contributed by atoms with Crippen molar-refractivity contribution in [2.75, 3.05) is 16.8 Å². The number of nitrogens with one attached hydrogen (secondary N) is 1. The number of amides is 2. The fourth-order valence-corrected chi connectivity index (χ4v) is 3.63. The Balaban J connectivity index is 1.56. The Labute approximate surface area is 164 Å². The van der Waals surface area contributed by atoms with Gasteiger partial charge in [0, 0.05) is 29.7 Å². The van der Waals surface area contributed by atoms with Gasteiger partial charge in [-0.05, 0) is 67.3 Å². The number of carbonyl (C=O) groups is 2. The molecule has 2 heterocycles. The zero-order chi connectivity index (χ0) is 19.7. The molecule has 2 amide bonds. The Morgan fingerprint density at radius 3 is 2.54 bits per heavy atom. The summed E-state index contributed by atoms with van der Waals surface area (Å²) >= 11 is 0. The summed E-state index contributed by atoms with van der Waals surface area (Å²) in [5.74, 6) is -0.450. The highest BCUT2D eigenvalue weighted by Gasteiger charge is 2.25. The standard InChI is InChI=1S/C23H21N3O2/c1-15-11-16(2)13-19(12-15)25-22(27)20-14-18(7-9-24-20)23(28)26-10-8-17-5-3-4-6-21(17)26/h3-7,9,11-14H,8,10H2,1-2H3,(H,25,27). The van der Waals surface area contributed by atoms with Crippen LogP contribution in [0, 0.1) is 13.8 Å². The third-order valence-corrected chi connectivity index (χ3v) is 4.85. The second kappa shape index (κ2) is 7.27. The van der Waals surface area contributed by atoms with Gasteiger partial charge in [-0.1, -0.05) is 24.3 Å². The molecule has 2 aromatic carbocycles. The number of pyridine rings is 1. The highest BCUT2D eigenvalue weighted by molar-refractivity contribution is 6.09. The zero-order valence-electron chi connectivity index (χ0n) is 15.9. The van der Waals surface area contributed by atoms with Gasteiger partial charge in [-0.2, -0.15) is 0 Å². The Bertz CT molecular complexity index is 1050. The van der Waals surface area contributed by atoms with E-state index in [0.717, 1.165) is 34.5 Å². The van der Waals surface area contributed by atoms with E-state index in [1.165, 1.54) is 6.20 Å². The molecule has 0 saturated carbocycles. The Kier molecular flexibility index (Phi) is 4.65. The summed E-state index contributed by atoms with van der Waals surface area (Å²) in [5.41, 5.74) is 5.63. The molecule has 0 spiro atoms. The SMILES string of the molecule is Cc1cc(C)cc(NC(=O)c2cc(C(=O)N3CCc4ccccc43)ccn2)c1. The lowest BCUT2D eigenvalue weighted by Crippen LogP contribution is -2.29. The molecule has 4 rings (SSSR count). The van der Waals surface area contributed by atoms with Crippen LogP contribution in [0.5, 0.6) is 0 Å². The maximum absolute atomic E-state index is 13.0. The van der Waals surface area contributed by atoms with Crippen LogP contribution in [0.4, 0.5) is 11.4 Å². The number of anilines is 2. The van der Waals surface area contributed by atoms with E-state index in [9.17, 15) is 9.59 Å². The van der Waals surface area contributed by atoms with Gasteiger partial charge in [0.2, 0.25) is 0 Å². The lowest BCUT2D eigenvalue weighted by molar-refractivity contribution is 0.0989. The number of fused-ring (bicyclic) bond motifs is 1. The van der Waals surface area contributed by atoms with Crippen LogP contribution in [-0.4, -0.2) is 23.3 Å². The van der Waals surface area contributed by atoms with Crippen molar-refractivity contribution in [3.63, 3.8) is 0 Å². The predicted molar refractivity (Wildman–Crippen MR) is 110 cm³/mol. The first kappa shape index (κ1) is 17.9. The number of carbonyl (C=O) groups excluding carboxylic acids is 2. The maximum atomic E-state index is 13.0. The summed E-state index contributed by atoms with van der Waals surface area (Å²) in [6.07, 6.45) is 2.35. The summed E-state index contributed by atoms with van der Waals surface area (Å²) in [5, 5.41) is 2.86. The molecule has 0 bridgehead atoms. The van der Waals surface area contributed by atoms with Gasteiger partial charge in [-0.25, -0.2) is 0 Å². The first-order valence-corrected chi connectivity index (χ1v) is 9.27. The van der Waals surface area contributed by atoms with Gasteiger partial charge < -0.3 is 10.2 Å². The molecular formula is C23H21N3O2. The molecule has 0 saturated heterocycles. The lowest BCUT2D eigenvalue weighted by Gasteiger charge is -2.17. The monoisotopic (exact) mass is 371 g/mol. The first-order valence-electron chi connectivity index (χ1n) is 9.27. The van der Waals surface area contributed by atoms with Crippen molar-refractivity contribution in [3.8, 4) is 0 Å². The van der Waals surface area contributed by atoms with Gasteiger partial charge in [0.15, 0.2) is 0 Å². The Morgan fingerprint density at radius 2 is 1.75 bits per heavy atom. The Hall–Kier alpha value is -3.47. The molecular weight excluding hydrogens is 350 g/mol. The summed E-state index contributed by atoms with van der Waals surface area (Å²) < 4.78 is 0. The fraction of sp³-hybridized carbons (Fsp3) is 0.174. The molecule has 28 heavy (non-hydrogen) atoms. The number of hydrogen-bond donors (Lipinski definition) is 1. The molecule has 5 nitrogen and oxygen atoms in total.